The molecular weight excluding hydrogens is 223 g/mol. The van der Waals surface area contributed by atoms with Gasteiger partial charge >= 0.3 is 6.18 Å². The minimum absolute atomic E-state index is 0.107. The first kappa shape index (κ1) is 15.2. The van der Waals surface area contributed by atoms with Gasteiger partial charge in [0.15, 0.2) is 0 Å². The summed E-state index contributed by atoms with van der Waals surface area (Å²) in [5, 5.41) is 11.3. The Morgan fingerprint density at radius 1 is 1.31 bits per heavy atom. The topological polar surface area (TPSA) is 49.3 Å². The van der Waals surface area contributed by atoms with Crippen LogP contribution < -0.4 is 5.32 Å². The van der Waals surface area contributed by atoms with Crippen molar-refractivity contribution in [1.29, 1.82) is 0 Å². The second-order valence-electron chi connectivity index (χ2n) is 4.05. The van der Waals surface area contributed by atoms with E-state index in [2.05, 4.69) is 5.32 Å². The van der Waals surface area contributed by atoms with Crippen LogP contribution in [0.5, 0.6) is 0 Å². The predicted octanol–water partition coefficient (Wildman–Crippen LogP) is 2.00. The minimum Gasteiger partial charge on any atom is -0.396 e. The zero-order chi connectivity index (χ0) is 12.8. The number of carbonyl (C=O) groups is 1. The second-order valence-corrected chi connectivity index (χ2v) is 4.05. The lowest BCUT2D eigenvalue weighted by Gasteiger charge is -2.29. The number of hydrogen-bond donors (Lipinski definition) is 2. The molecule has 0 saturated heterocycles. The Hall–Kier alpha value is -0.780. The van der Waals surface area contributed by atoms with E-state index in [1.807, 2.05) is 0 Å². The van der Waals surface area contributed by atoms with Crippen molar-refractivity contribution in [3.8, 4) is 0 Å². The molecule has 0 aromatic heterocycles. The van der Waals surface area contributed by atoms with E-state index in [0.29, 0.717) is 12.8 Å². The number of alkyl halides is 3. The highest BCUT2D eigenvalue weighted by atomic mass is 19.4. The summed E-state index contributed by atoms with van der Waals surface area (Å²) in [4.78, 5) is 11.2. The van der Waals surface area contributed by atoms with Crippen LogP contribution in [0.4, 0.5) is 13.2 Å². The predicted molar refractivity (Wildman–Crippen MR) is 53.8 cm³/mol. The van der Waals surface area contributed by atoms with Crippen molar-refractivity contribution in [3.05, 3.63) is 0 Å². The van der Waals surface area contributed by atoms with E-state index < -0.39 is 30.5 Å². The van der Waals surface area contributed by atoms with E-state index in [9.17, 15) is 18.0 Å². The van der Waals surface area contributed by atoms with Crippen molar-refractivity contribution in [1.82, 2.24) is 5.32 Å². The van der Waals surface area contributed by atoms with Crippen LogP contribution in [0.15, 0.2) is 0 Å². The Kier molecular flexibility index (Phi) is 5.78. The Morgan fingerprint density at radius 2 is 1.88 bits per heavy atom. The molecule has 0 rings (SSSR count). The largest absolute Gasteiger partial charge is 0.396 e. The smallest absolute Gasteiger partial charge is 0.389 e. The normalized spacial score (nSPS) is 15.6. The standard InChI is InChI=1S/C10H18F3NO2/c1-3-9(2,6-7-15)14-8(16)4-5-10(11,12)13/h15H,3-7H2,1-2H3,(H,14,16). The fourth-order valence-electron chi connectivity index (χ4n) is 1.23. The van der Waals surface area contributed by atoms with Crippen LogP contribution in [-0.4, -0.2) is 29.3 Å². The number of rotatable bonds is 6. The average molecular weight is 241 g/mol. The third kappa shape index (κ3) is 6.66. The molecule has 2 N–H and O–H groups in total. The molecule has 0 saturated carbocycles. The Morgan fingerprint density at radius 3 is 2.25 bits per heavy atom. The van der Waals surface area contributed by atoms with Crippen molar-refractivity contribution in [2.45, 2.75) is 51.2 Å². The molecule has 1 atom stereocenters. The summed E-state index contributed by atoms with van der Waals surface area (Å²) in [5.41, 5.74) is -0.628. The SMILES string of the molecule is CCC(C)(CCO)NC(=O)CCC(F)(F)F. The van der Waals surface area contributed by atoms with E-state index in [1.165, 1.54) is 0 Å². The van der Waals surface area contributed by atoms with Crippen LogP contribution >= 0.6 is 0 Å². The van der Waals surface area contributed by atoms with Gasteiger partial charge in [-0.25, -0.2) is 0 Å². The van der Waals surface area contributed by atoms with Crippen LogP contribution in [-0.2, 0) is 4.79 Å². The zero-order valence-corrected chi connectivity index (χ0v) is 9.52. The number of carbonyl (C=O) groups excluding carboxylic acids is 1. The van der Waals surface area contributed by atoms with Crippen LogP contribution in [0, 0.1) is 0 Å². The lowest BCUT2D eigenvalue weighted by atomic mass is 9.94. The van der Waals surface area contributed by atoms with Crippen molar-refractivity contribution >= 4 is 5.91 Å². The number of amides is 1. The first-order valence-corrected chi connectivity index (χ1v) is 5.21. The molecule has 0 aliphatic heterocycles. The van der Waals surface area contributed by atoms with Gasteiger partial charge in [-0.2, -0.15) is 13.2 Å². The van der Waals surface area contributed by atoms with Gasteiger partial charge in [-0.15, -0.1) is 0 Å². The van der Waals surface area contributed by atoms with E-state index in [0.717, 1.165) is 0 Å². The summed E-state index contributed by atoms with van der Waals surface area (Å²) in [6, 6.07) is 0. The highest BCUT2D eigenvalue weighted by Crippen LogP contribution is 2.22. The maximum atomic E-state index is 11.9. The molecule has 0 aromatic carbocycles. The summed E-state index contributed by atoms with van der Waals surface area (Å²) in [5.74, 6) is -0.630. The Balaban J connectivity index is 4.11. The lowest BCUT2D eigenvalue weighted by Crippen LogP contribution is -2.46. The molecule has 0 aromatic rings. The molecule has 1 amide bonds. The van der Waals surface area contributed by atoms with Gasteiger partial charge in [0.2, 0.25) is 5.91 Å². The molecule has 0 radical (unpaired) electrons. The Labute approximate surface area is 93.0 Å². The van der Waals surface area contributed by atoms with Crippen LogP contribution in [0.2, 0.25) is 0 Å². The van der Waals surface area contributed by atoms with Gasteiger partial charge in [0.05, 0.1) is 6.42 Å². The summed E-state index contributed by atoms with van der Waals surface area (Å²) in [6.45, 7) is 3.40. The molecule has 0 fully saturated rings. The molecule has 96 valence electrons. The number of aliphatic hydroxyl groups is 1. The molecule has 1 unspecified atom stereocenters. The van der Waals surface area contributed by atoms with Crippen LogP contribution in [0.1, 0.15) is 39.5 Å². The highest BCUT2D eigenvalue weighted by Gasteiger charge is 2.30. The van der Waals surface area contributed by atoms with Crippen molar-refractivity contribution < 1.29 is 23.1 Å². The number of hydrogen-bond acceptors (Lipinski definition) is 2. The van der Waals surface area contributed by atoms with Gasteiger partial charge in [-0.3, -0.25) is 4.79 Å². The second kappa shape index (κ2) is 6.08. The molecule has 0 aliphatic carbocycles. The maximum Gasteiger partial charge on any atom is 0.389 e. The molecule has 6 heteroatoms. The minimum atomic E-state index is -4.31. The van der Waals surface area contributed by atoms with Crippen molar-refractivity contribution in [3.63, 3.8) is 0 Å². The molecule has 3 nitrogen and oxygen atoms in total. The van der Waals surface area contributed by atoms with Crippen LogP contribution in [0.25, 0.3) is 0 Å². The third-order valence-corrected chi connectivity index (χ3v) is 2.52. The zero-order valence-electron chi connectivity index (χ0n) is 9.52. The monoisotopic (exact) mass is 241 g/mol. The summed E-state index contributed by atoms with van der Waals surface area (Å²) in [6.07, 6.45) is -5.09. The summed E-state index contributed by atoms with van der Waals surface area (Å²) in [7, 11) is 0. The van der Waals surface area contributed by atoms with Crippen molar-refractivity contribution in [2.24, 2.45) is 0 Å². The molecule has 16 heavy (non-hydrogen) atoms. The van der Waals surface area contributed by atoms with Crippen molar-refractivity contribution in [2.75, 3.05) is 6.61 Å². The fourth-order valence-corrected chi connectivity index (χ4v) is 1.23. The molecule has 0 aliphatic rings. The van der Waals surface area contributed by atoms with Gasteiger partial charge in [0.25, 0.3) is 0 Å². The molecular formula is C10H18F3NO2. The summed E-state index contributed by atoms with van der Waals surface area (Å²) >= 11 is 0. The van der Waals surface area contributed by atoms with Gasteiger partial charge in [-0.1, -0.05) is 6.92 Å². The van der Waals surface area contributed by atoms with Crippen LogP contribution in [0.3, 0.4) is 0 Å². The first-order valence-electron chi connectivity index (χ1n) is 5.21. The number of nitrogens with one attached hydrogen (secondary N) is 1. The quantitative estimate of drug-likeness (QED) is 0.747. The molecule has 0 bridgehead atoms. The highest BCUT2D eigenvalue weighted by molar-refractivity contribution is 5.76. The van der Waals surface area contributed by atoms with Gasteiger partial charge in [0, 0.05) is 18.6 Å². The molecule has 0 spiro atoms. The van der Waals surface area contributed by atoms with E-state index in [4.69, 9.17) is 5.11 Å². The third-order valence-electron chi connectivity index (χ3n) is 2.52. The molecule has 0 heterocycles. The Bertz CT molecular complexity index is 231. The van der Waals surface area contributed by atoms with E-state index in [1.54, 1.807) is 13.8 Å². The maximum absolute atomic E-state index is 11.9. The van der Waals surface area contributed by atoms with Gasteiger partial charge < -0.3 is 10.4 Å². The fraction of sp³-hybridized carbons (Fsp3) is 0.900. The van der Waals surface area contributed by atoms with Gasteiger partial charge in [-0.05, 0) is 19.8 Å². The number of aliphatic hydroxyl groups excluding tert-OH is 1. The number of halogens is 3. The first-order chi connectivity index (χ1) is 7.22. The van der Waals surface area contributed by atoms with E-state index in [-0.39, 0.29) is 6.61 Å². The summed E-state index contributed by atoms with van der Waals surface area (Å²) < 4.78 is 35.6. The van der Waals surface area contributed by atoms with Gasteiger partial charge in [0.1, 0.15) is 0 Å². The lowest BCUT2D eigenvalue weighted by molar-refractivity contribution is -0.145. The average Bonchev–Trinajstić information content (AvgIpc) is 2.14. The van der Waals surface area contributed by atoms with E-state index >= 15 is 0 Å².